The zero-order chi connectivity index (χ0) is 15.0. The third-order valence-corrected chi connectivity index (χ3v) is 4.10. The Morgan fingerprint density at radius 2 is 1.85 bits per heavy atom. The number of anilines is 2. The predicted octanol–water partition coefficient (Wildman–Crippen LogP) is 3.98. The van der Waals surface area contributed by atoms with E-state index in [-0.39, 0.29) is 0 Å². The van der Waals surface area contributed by atoms with Crippen molar-refractivity contribution >= 4 is 23.4 Å². The lowest BCUT2D eigenvalue weighted by Gasteiger charge is -2.20. The van der Waals surface area contributed by atoms with Crippen molar-refractivity contribution in [3.05, 3.63) is 11.9 Å². The molecule has 1 rings (SSSR count). The fourth-order valence-electron chi connectivity index (χ4n) is 2.01. The molecule has 20 heavy (non-hydrogen) atoms. The molecule has 0 saturated carbocycles. The Kier molecular flexibility index (Phi) is 7.73. The average Bonchev–Trinajstić information content (AvgIpc) is 2.42. The van der Waals surface area contributed by atoms with E-state index in [1.54, 1.807) is 6.33 Å². The van der Waals surface area contributed by atoms with E-state index in [2.05, 4.69) is 55.2 Å². The van der Waals surface area contributed by atoms with Gasteiger partial charge in [0.25, 0.3) is 0 Å². The van der Waals surface area contributed by atoms with Crippen molar-refractivity contribution < 1.29 is 0 Å². The smallest absolute Gasteiger partial charge is 0.135 e. The normalized spacial score (nSPS) is 12.5. The zero-order valence-electron chi connectivity index (χ0n) is 13.4. The molecule has 0 bridgehead atoms. The van der Waals surface area contributed by atoms with Crippen LogP contribution in [0.15, 0.2) is 6.33 Å². The first-order valence-corrected chi connectivity index (χ1v) is 8.68. The van der Waals surface area contributed by atoms with Gasteiger partial charge in [0.15, 0.2) is 0 Å². The summed E-state index contributed by atoms with van der Waals surface area (Å²) in [7, 11) is 0. The largest absolute Gasteiger partial charge is 0.370 e. The Morgan fingerprint density at radius 3 is 2.45 bits per heavy atom. The van der Waals surface area contributed by atoms with Crippen LogP contribution in [0.5, 0.6) is 0 Å². The van der Waals surface area contributed by atoms with Crippen LogP contribution in [-0.2, 0) is 0 Å². The van der Waals surface area contributed by atoms with Crippen LogP contribution < -0.4 is 10.6 Å². The van der Waals surface area contributed by atoms with Crippen molar-refractivity contribution in [1.29, 1.82) is 0 Å². The third-order valence-electron chi connectivity index (χ3n) is 2.96. The molecule has 0 fully saturated rings. The first-order chi connectivity index (χ1) is 9.60. The molecule has 1 aromatic heterocycles. The summed E-state index contributed by atoms with van der Waals surface area (Å²) in [4.78, 5) is 8.85. The van der Waals surface area contributed by atoms with E-state index in [1.807, 2.05) is 11.8 Å². The molecule has 0 spiro atoms. The molecular weight excluding hydrogens is 268 g/mol. The SMILES string of the molecule is CCCNc1ncnc(NC(C)CSCC)c1C(C)C. The summed E-state index contributed by atoms with van der Waals surface area (Å²) in [6.45, 7) is 11.9. The summed E-state index contributed by atoms with van der Waals surface area (Å²) in [6.07, 6.45) is 2.74. The molecule has 0 aromatic carbocycles. The Balaban J connectivity index is 2.88. The van der Waals surface area contributed by atoms with Gasteiger partial charge in [0, 0.05) is 23.9 Å². The number of nitrogens with one attached hydrogen (secondary N) is 2. The van der Waals surface area contributed by atoms with Crippen LogP contribution in [0.25, 0.3) is 0 Å². The molecule has 5 heteroatoms. The summed E-state index contributed by atoms with van der Waals surface area (Å²) < 4.78 is 0. The topological polar surface area (TPSA) is 49.8 Å². The molecule has 0 saturated heterocycles. The molecule has 114 valence electrons. The second-order valence-corrected chi connectivity index (χ2v) is 6.59. The number of aromatic nitrogens is 2. The van der Waals surface area contributed by atoms with E-state index in [0.29, 0.717) is 12.0 Å². The molecule has 0 aliphatic carbocycles. The third kappa shape index (κ3) is 5.19. The Bertz CT molecular complexity index is 395. The van der Waals surface area contributed by atoms with Crippen molar-refractivity contribution in [1.82, 2.24) is 9.97 Å². The lowest BCUT2D eigenvalue weighted by molar-refractivity contribution is 0.823. The van der Waals surface area contributed by atoms with Gasteiger partial charge in [0.1, 0.15) is 18.0 Å². The summed E-state index contributed by atoms with van der Waals surface area (Å²) in [5.74, 6) is 4.57. The van der Waals surface area contributed by atoms with E-state index in [4.69, 9.17) is 0 Å². The second-order valence-electron chi connectivity index (χ2n) is 5.27. The molecule has 1 heterocycles. The molecule has 0 radical (unpaired) electrons. The van der Waals surface area contributed by atoms with Crippen LogP contribution in [0.4, 0.5) is 11.6 Å². The number of thioether (sulfide) groups is 1. The van der Waals surface area contributed by atoms with Crippen LogP contribution in [0, 0.1) is 0 Å². The molecule has 2 N–H and O–H groups in total. The molecule has 1 atom stereocenters. The first-order valence-electron chi connectivity index (χ1n) is 7.53. The number of hydrogen-bond acceptors (Lipinski definition) is 5. The Morgan fingerprint density at radius 1 is 1.15 bits per heavy atom. The highest BCUT2D eigenvalue weighted by molar-refractivity contribution is 7.99. The maximum atomic E-state index is 4.45. The Labute approximate surface area is 127 Å². The van der Waals surface area contributed by atoms with Crippen molar-refractivity contribution in [2.75, 3.05) is 28.7 Å². The minimum atomic E-state index is 0.393. The van der Waals surface area contributed by atoms with Gasteiger partial charge in [-0.2, -0.15) is 11.8 Å². The van der Waals surface area contributed by atoms with Crippen molar-refractivity contribution in [2.24, 2.45) is 0 Å². The average molecular weight is 296 g/mol. The quantitative estimate of drug-likeness (QED) is 0.722. The van der Waals surface area contributed by atoms with E-state index >= 15 is 0 Å². The zero-order valence-corrected chi connectivity index (χ0v) is 14.2. The standard InChI is InChI=1S/C15H28N4S/c1-6-8-16-14-13(11(3)4)15(18-10-17-14)19-12(5)9-20-7-2/h10-12H,6-9H2,1-5H3,(H2,16,17,18,19). The minimum absolute atomic E-state index is 0.393. The number of hydrogen-bond donors (Lipinski definition) is 2. The highest BCUT2D eigenvalue weighted by Crippen LogP contribution is 2.28. The molecule has 4 nitrogen and oxygen atoms in total. The lowest BCUT2D eigenvalue weighted by atomic mass is 10.0. The molecule has 1 aromatic rings. The van der Waals surface area contributed by atoms with Gasteiger partial charge in [0.2, 0.25) is 0 Å². The minimum Gasteiger partial charge on any atom is -0.370 e. The van der Waals surface area contributed by atoms with E-state index in [9.17, 15) is 0 Å². The fourth-order valence-corrected chi connectivity index (χ4v) is 2.68. The van der Waals surface area contributed by atoms with Crippen LogP contribution >= 0.6 is 11.8 Å². The summed E-state index contributed by atoms with van der Waals surface area (Å²) in [5.41, 5.74) is 1.19. The van der Waals surface area contributed by atoms with Gasteiger partial charge >= 0.3 is 0 Å². The summed E-state index contributed by atoms with van der Waals surface area (Å²) >= 11 is 1.95. The number of nitrogens with zero attached hydrogens (tertiary/aromatic N) is 2. The summed E-state index contributed by atoms with van der Waals surface area (Å²) in [6, 6.07) is 0.409. The first kappa shape index (κ1) is 17.1. The predicted molar refractivity (Wildman–Crippen MR) is 91.0 cm³/mol. The van der Waals surface area contributed by atoms with Gasteiger partial charge in [-0.25, -0.2) is 9.97 Å². The van der Waals surface area contributed by atoms with Gasteiger partial charge in [-0.15, -0.1) is 0 Å². The van der Waals surface area contributed by atoms with Crippen LogP contribution in [0.2, 0.25) is 0 Å². The highest BCUT2D eigenvalue weighted by atomic mass is 32.2. The molecule has 0 aliphatic heterocycles. The van der Waals surface area contributed by atoms with Crippen LogP contribution in [-0.4, -0.2) is 34.1 Å². The maximum absolute atomic E-state index is 4.45. The van der Waals surface area contributed by atoms with Crippen molar-refractivity contribution in [3.63, 3.8) is 0 Å². The van der Waals surface area contributed by atoms with E-state index in [0.717, 1.165) is 36.1 Å². The fraction of sp³-hybridized carbons (Fsp3) is 0.733. The Hall–Kier alpha value is -0.970. The number of rotatable bonds is 9. The van der Waals surface area contributed by atoms with Gasteiger partial charge < -0.3 is 10.6 Å². The van der Waals surface area contributed by atoms with Crippen LogP contribution in [0.3, 0.4) is 0 Å². The monoisotopic (exact) mass is 296 g/mol. The van der Waals surface area contributed by atoms with Crippen molar-refractivity contribution in [2.45, 2.75) is 53.0 Å². The highest BCUT2D eigenvalue weighted by Gasteiger charge is 2.16. The molecule has 0 aliphatic rings. The van der Waals surface area contributed by atoms with E-state index in [1.165, 1.54) is 5.56 Å². The summed E-state index contributed by atoms with van der Waals surface area (Å²) in [5, 5.41) is 6.94. The van der Waals surface area contributed by atoms with Crippen LogP contribution in [0.1, 0.15) is 52.5 Å². The molecular formula is C15H28N4S. The van der Waals surface area contributed by atoms with Crippen molar-refractivity contribution in [3.8, 4) is 0 Å². The second kappa shape index (κ2) is 9.06. The van der Waals surface area contributed by atoms with Gasteiger partial charge in [-0.05, 0) is 25.0 Å². The van der Waals surface area contributed by atoms with Gasteiger partial charge in [0.05, 0.1) is 0 Å². The lowest BCUT2D eigenvalue weighted by Crippen LogP contribution is -2.21. The maximum Gasteiger partial charge on any atom is 0.135 e. The molecule has 1 unspecified atom stereocenters. The van der Waals surface area contributed by atoms with E-state index < -0.39 is 0 Å². The molecule has 0 amide bonds. The van der Waals surface area contributed by atoms with Gasteiger partial charge in [-0.1, -0.05) is 27.7 Å². The van der Waals surface area contributed by atoms with Gasteiger partial charge in [-0.3, -0.25) is 0 Å².